The number of methoxy groups -OCH3 is 1. The molecule has 3 nitrogen and oxygen atoms in total. The Morgan fingerprint density at radius 1 is 0.692 bits per heavy atom. The summed E-state index contributed by atoms with van der Waals surface area (Å²) in [6.07, 6.45) is 23.2. The smallest absolute Gasteiger partial charge is 0.305 e. The molecule has 0 aliphatic rings. The number of aliphatic hydroxyl groups excluding tert-OH is 1. The molecule has 0 saturated heterocycles. The van der Waals surface area contributed by atoms with Crippen LogP contribution in [0.1, 0.15) is 129 Å². The van der Waals surface area contributed by atoms with Gasteiger partial charge in [0.25, 0.3) is 0 Å². The van der Waals surface area contributed by atoms with Crippen LogP contribution in [0.5, 0.6) is 0 Å². The van der Waals surface area contributed by atoms with Gasteiger partial charge in [0, 0.05) is 6.42 Å². The largest absolute Gasteiger partial charge is 0.469 e. The van der Waals surface area contributed by atoms with Crippen LogP contribution >= 0.6 is 0 Å². The summed E-state index contributed by atoms with van der Waals surface area (Å²) in [4.78, 5) is 11.0. The highest BCUT2D eigenvalue weighted by Crippen LogP contribution is 2.15. The lowest BCUT2D eigenvalue weighted by molar-refractivity contribution is -0.140. The molecule has 0 radical (unpaired) electrons. The molecule has 0 bridgehead atoms. The van der Waals surface area contributed by atoms with Crippen molar-refractivity contribution in [3.8, 4) is 0 Å². The summed E-state index contributed by atoms with van der Waals surface area (Å²) >= 11 is 0. The van der Waals surface area contributed by atoms with Gasteiger partial charge in [-0.2, -0.15) is 0 Å². The number of hydrogen-bond acceptors (Lipinski definition) is 3. The Balaban J connectivity index is 3.06. The minimum absolute atomic E-state index is 0.0557. The maximum atomic E-state index is 11.0. The molecule has 1 unspecified atom stereocenters. The zero-order valence-corrected chi connectivity index (χ0v) is 17.8. The fourth-order valence-corrected chi connectivity index (χ4v) is 3.53. The van der Waals surface area contributed by atoms with E-state index in [1.54, 1.807) is 0 Å². The van der Waals surface area contributed by atoms with Gasteiger partial charge in [-0.3, -0.25) is 4.79 Å². The van der Waals surface area contributed by atoms with Crippen molar-refractivity contribution in [2.75, 3.05) is 7.11 Å². The molecule has 3 heteroatoms. The van der Waals surface area contributed by atoms with E-state index in [2.05, 4.69) is 11.7 Å². The number of hydrogen-bond donors (Lipinski definition) is 1. The van der Waals surface area contributed by atoms with Gasteiger partial charge in [0.05, 0.1) is 13.2 Å². The molecule has 0 aliphatic heterocycles. The fraction of sp³-hybridized carbons (Fsp3) is 0.957. The lowest BCUT2D eigenvalue weighted by atomic mass is 10.0. The summed E-state index contributed by atoms with van der Waals surface area (Å²) in [7, 11) is 1.46. The van der Waals surface area contributed by atoms with E-state index < -0.39 is 0 Å². The standard InChI is InChI=1S/C23H46O3/c1-3-19-22(24)20-17-15-13-11-9-7-5-4-6-8-10-12-14-16-18-21-23(25)26-2/h22,24H,3-21H2,1-2H3. The molecule has 1 N–H and O–H groups in total. The van der Waals surface area contributed by atoms with Crippen LogP contribution in [0.3, 0.4) is 0 Å². The second-order valence-electron chi connectivity index (χ2n) is 7.86. The van der Waals surface area contributed by atoms with Crippen LogP contribution in [0.4, 0.5) is 0 Å². The van der Waals surface area contributed by atoms with E-state index in [0.29, 0.717) is 6.42 Å². The molecule has 0 aliphatic carbocycles. The van der Waals surface area contributed by atoms with Crippen molar-refractivity contribution in [2.24, 2.45) is 0 Å². The maximum Gasteiger partial charge on any atom is 0.305 e. The van der Waals surface area contributed by atoms with Crippen molar-refractivity contribution in [3.05, 3.63) is 0 Å². The molecule has 156 valence electrons. The molecule has 0 fully saturated rings. The van der Waals surface area contributed by atoms with Crippen LogP contribution in [-0.4, -0.2) is 24.3 Å². The molecule has 0 aromatic carbocycles. The van der Waals surface area contributed by atoms with Crippen LogP contribution < -0.4 is 0 Å². The van der Waals surface area contributed by atoms with E-state index in [4.69, 9.17) is 0 Å². The highest BCUT2D eigenvalue weighted by molar-refractivity contribution is 5.68. The van der Waals surface area contributed by atoms with Gasteiger partial charge < -0.3 is 9.84 Å². The average Bonchev–Trinajstić information content (AvgIpc) is 2.64. The topological polar surface area (TPSA) is 46.5 Å². The van der Waals surface area contributed by atoms with Gasteiger partial charge in [0.1, 0.15) is 0 Å². The summed E-state index contributed by atoms with van der Waals surface area (Å²) in [6, 6.07) is 0. The van der Waals surface area contributed by atoms with Crippen LogP contribution in [0.15, 0.2) is 0 Å². The van der Waals surface area contributed by atoms with Gasteiger partial charge in [-0.1, -0.05) is 103 Å². The predicted octanol–water partition coefficient (Wildman–Crippen LogP) is 6.95. The summed E-state index contributed by atoms with van der Waals surface area (Å²) in [5, 5.41) is 9.68. The van der Waals surface area contributed by atoms with Crippen LogP contribution in [0.25, 0.3) is 0 Å². The Morgan fingerprint density at radius 2 is 1.08 bits per heavy atom. The van der Waals surface area contributed by atoms with Crippen molar-refractivity contribution in [1.82, 2.24) is 0 Å². The quantitative estimate of drug-likeness (QED) is 0.186. The van der Waals surface area contributed by atoms with E-state index in [-0.39, 0.29) is 12.1 Å². The number of unbranched alkanes of at least 4 members (excludes halogenated alkanes) is 14. The zero-order valence-electron chi connectivity index (χ0n) is 17.8. The molecule has 0 saturated carbocycles. The van der Waals surface area contributed by atoms with Gasteiger partial charge in [-0.05, 0) is 19.3 Å². The Hall–Kier alpha value is -0.570. The molecule has 0 aromatic heterocycles. The third-order valence-electron chi connectivity index (χ3n) is 5.27. The lowest BCUT2D eigenvalue weighted by Gasteiger charge is -2.08. The van der Waals surface area contributed by atoms with E-state index in [0.717, 1.165) is 32.1 Å². The third kappa shape index (κ3) is 19.8. The van der Waals surface area contributed by atoms with Gasteiger partial charge in [0.15, 0.2) is 0 Å². The molecule has 0 heterocycles. The number of rotatable bonds is 20. The monoisotopic (exact) mass is 370 g/mol. The molecule has 0 amide bonds. The maximum absolute atomic E-state index is 11.0. The van der Waals surface area contributed by atoms with Crippen LogP contribution in [0.2, 0.25) is 0 Å². The number of carbonyl (C=O) groups excluding carboxylic acids is 1. The second-order valence-corrected chi connectivity index (χ2v) is 7.86. The number of aliphatic hydroxyl groups is 1. The average molecular weight is 371 g/mol. The Morgan fingerprint density at radius 3 is 1.46 bits per heavy atom. The molecule has 26 heavy (non-hydrogen) atoms. The predicted molar refractivity (Wildman–Crippen MR) is 111 cm³/mol. The SMILES string of the molecule is CCCC(O)CCCCCCCCCCCCCCCCCC(=O)OC. The van der Waals surface area contributed by atoms with E-state index in [1.165, 1.54) is 90.6 Å². The Labute approximate surface area is 163 Å². The molecule has 0 spiro atoms. The molecular formula is C23H46O3. The minimum atomic E-state index is -0.0734. The van der Waals surface area contributed by atoms with Crippen molar-refractivity contribution in [3.63, 3.8) is 0 Å². The second kappa shape index (κ2) is 20.7. The summed E-state index contributed by atoms with van der Waals surface area (Å²) in [5.74, 6) is -0.0734. The third-order valence-corrected chi connectivity index (χ3v) is 5.27. The van der Waals surface area contributed by atoms with Crippen molar-refractivity contribution >= 4 is 5.97 Å². The van der Waals surface area contributed by atoms with Crippen molar-refractivity contribution < 1.29 is 14.6 Å². The Bertz CT molecular complexity index is 291. The van der Waals surface area contributed by atoms with Gasteiger partial charge >= 0.3 is 5.97 Å². The lowest BCUT2D eigenvalue weighted by Crippen LogP contribution is -2.04. The van der Waals surface area contributed by atoms with Crippen molar-refractivity contribution in [1.29, 1.82) is 0 Å². The summed E-state index contributed by atoms with van der Waals surface area (Å²) < 4.78 is 4.64. The Kier molecular flexibility index (Phi) is 20.3. The fourth-order valence-electron chi connectivity index (χ4n) is 3.53. The molecule has 0 aromatic rings. The number of esters is 1. The highest BCUT2D eigenvalue weighted by Gasteiger charge is 2.02. The first-order valence-corrected chi connectivity index (χ1v) is 11.5. The van der Waals surface area contributed by atoms with Gasteiger partial charge in [-0.15, -0.1) is 0 Å². The number of ether oxygens (including phenoxy) is 1. The summed E-state index contributed by atoms with van der Waals surface area (Å²) in [6.45, 7) is 2.14. The van der Waals surface area contributed by atoms with Crippen LogP contribution in [0, 0.1) is 0 Å². The van der Waals surface area contributed by atoms with Gasteiger partial charge in [-0.25, -0.2) is 0 Å². The highest BCUT2D eigenvalue weighted by atomic mass is 16.5. The van der Waals surface area contributed by atoms with E-state index in [1.807, 2.05) is 0 Å². The molecular weight excluding hydrogens is 324 g/mol. The normalized spacial score (nSPS) is 12.3. The first-order valence-electron chi connectivity index (χ1n) is 11.5. The molecule has 1 atom stereocenters. The molecule has 0 rings (SSSR count). The summed E-state index contributed by atoms with van der Waals surface area (Å²) in [5.41, 5.74) is 0. The van der Waals surface area contributed by atoms with E-state index in [9.17, 15) is 9.90 Å². The zero-order chi connectivity index (χ0) is 19.3. The van der Waals surface area contributed by atoms with Crippen LogP contribution in [-0.2, 0) is 9.53 Å². The van der Waals surface area contributed by atoms with E-state index >= 15 is 0 Å². The van der Waals surface area contributed by atoms with Crippen molar-refractivity contribution in [2.45, 2.75) is 135 Å². The minimum Gasteiger partial charge on any atom is -0.469 e. The first kappa shape index (κ1) is 25.4. The first-order chi connectivity index (χ1) is 12.7. The number of carbonyl (C=O) groups is 1. The van der Waals surface area contributed by atoms with Gasteiger partial charge in [0.2, 0.25) is 0 Å².